The molecule has 0 unspecified atom stereocenters. The first-order valence-corrected chi connectivity index (χ1v) is 10.3. The molecule has 4 heterocycles. The molecule has 5 heteroatoms. The first-order chi connectivity index (χ1) is 15.8. The maximum atomic E-state index is 5.79. The summed E-state index contributed by atoms with van der Waals surface area (Å²) in [6, 6.07) is 31.9. The van der Waals surface area contributed by atoms with Gasteiger partial charge in [0, 0.05) is 37.1 Å². The number of pyridine rings is 3. The summed E-state index contributed by atoms with van der Waals surface area (Å²) < 4.78 is 5.79. The minimum Gasteiger partial charge on any atom is -0.455 e. The number of aryl methyl sites for hydroxylation is 1. The van der Waals surface area contributed by atoms with Crippen molar-refractivity contribution < 1.29 is 24.5 Å². The fourth-order valence-corrected chi connectivity index (χ4v) is 3.54. The number of benzene rings is 2. The van der Waals surface area contributed by atoms with Crippen LogP contribution in [-0.4, -0.2) is 15.0 Å². The standard InChI is InChI=1S/C17H11N2O.C11H8N.Ir/c1-11-12(6-4-8-18-11)15-9-14-13-5-2-3-7-16(13)20-17(14)10-19-15;1-2-6-10(7-3-1)11-8-4-5-9-12-11;/h2-5,7-10H,1H3;1-6,8-9H;/q2*-1;. The molecule has 6 aromatic rings. The van der Waals surface area contributed by atoms with Crippen LogP contribution in [0.2, 0.25) is 0 Å². The van der Waals surface area contributed by atoms with Crippen LogP contribution in [0, 0.1) is 19.1 Å². The second kappa shape index (κ2) is 10.3. The van der Waals surface area contributed by atoms with E-state index in [1.807, 2.05) is 79.7 Å². The van der Waals surface area contributed by atoms with Crippen LogP contribution < -0.4 is 0 Å². The third kappa shape index (κ3) is 4.90. The van der Waals surface area contributed by atoms with Crippen molar-refractivity contribution >= 4 is 21.9 Å². The quantitative estimate of drug-likeness (QED) is 0.206. The van der Waals surface area contributed by atoms with Gasteiger partial charge in [-0.1, -0.05) is 49.5 Å². The Labute approximate surface area is 205 Å². The zero-order valence-electron chi connectivity index (χ0n) is 17.8. The SMILES string of the molecule is Cc1ncc[c-]c1-c1cc2c(cn1)oc1ccccc12.[Ir].[c-]1ccccc1-c1ccccn1. The number of rotatable bonds is 2. The summed E-state index contributed by atoms with van der Waals surface area (Å²) in [4.78, 5) is 13.0. The largest absolute Gasteiger partial charge is 0.455 e. The Hall–Kier alpha value is -3.66. The van der Waals surface area contributed by atoms with Crippen molar-refractivity contribution in [1.82, 2.24) is 15.0 Å². The number of nitrogens with zero attached hydrogens (tertiary/aromatic N) is 3. The molecule has 33 heavy (non-hydrogen) atoms. The molecule has 0 aliphatic carbocycles. The maximum absolute atomic E-state index is 5.79. The van der Waals surface area contributed by atoms with Crippen LogP contribution in [0.5, 0.6) is 0 Å². The second-order valence-corrected chi connectivity index (χ2v) is 7.20. The van der Waals surface area contributed by atoms with E-state index in [1.165, 1.54) is 0 Å². The third-order valence-electron chi connectivity index (χ3n) is 5.10. The molecule has 163 valence electrons. The Kier molecular flexibility index (Phi) is 7.04. The van der Waals surface area contributed by atoms with Gasteiger partial charge in [0.1, 0.15) is 5.58 Å². The molecule has 0 bridgehead atoms. The van der Waals surface area contributed by atoms with Gasteiger partial charge in [0.05, 0.1) is 6.20 Å². The van der Waals surface area contributed by atoms with Crippen molar-refractivity contribution in [3.63, 3.8) is 0 Å². The topological polar surface area (TPSA) is 51.8 Å². The summed E-state index contributed by atoms with van der Waals surface area (Å²) in [5.74, 6) is 0. The van der Waals surface area contributed by atoms with Gasteiger partial charge in [-0.05, 0) is 29.2 Å². The summed E-state index contributed by atoms with van der Waals surface area (Å²) in [6.45, 7) is 1.96. The molecule has 4 aromatic heterocycles. The molecule has 0 aliphatic heterocycles. The Morgan fingerprint density at radius 1 is 0.697 bits per heavy atom. The molecule has 0 N–H and O–H groups in total. The number of para-hydroxylation sites is 1. The van der Waals surface area contributed by atoms with E-state index in [0.717, 1.165) is 50.1 Å². The second-order valence-electron chi connectivity index (χ2n) is 7.20. The van der Waals surface area contributed by atoms with Crippen molar-refractivity contribution in [1.29, 1.82) is 0 Å². The molecule has 0 saturated heterocycles. The molecule has 0 saturated carbocycles. The van der Waals surface area contributed by atoms with Gasteiger partial charge in [-0.15, -0.1) is 53.6 Å². The van der Waals surface area contributed by atoms with E-state index in [2.05, 4.69) is 33.2 Å². The van der Waals surface area contributed by atoms with Crippen LogP contribution in [0.15, 0.2) is 102 Å². The Morgan fingerprint density at radius 2 is 1.55 bits per heavy atom. The van der Waals surface area contributed by atoms with Gasteiger partial charge < -0.3 is 19.4 Å². The van der Waals surface area contributed by atoms with Gasteiger partial charge in [0.25, 0.3) is 0 Å². The van der Waals surface area contributed by atoms with Crippen LogP contribution in [0.1, 0.15) is 5.69 Å². The fraction of sp³-hybridized carbons (Fsp3) is 0.0357. The molecule has 0 amide bonds. The van der Waals surface area contributed by atoms with Crippen LogP contribution in [0.4, 0.5) is 0 Å². The molecule has 4 nitrogen and oxygen atoms in total. The third-order valence-corrected chi connectivity index (χ3v) is 5.10. The van der Waals surface area contributed by atoms with E-state index in [9.17, 15) is 0 Å². The first kappa shape index (κ1) is 22.5. The molecular formula is C28H19IrN3O-2. The minimum atomic E-state index is 0. The Morgan fingerprint density at radius 3 is 2.33 bits per heavy atom. The molecule has 0 aliphatic rings. The minimum absolute atomic E-state index is 0. The van der Waals surface area contributed by atoms with Gasteiger partial charge >= 0.3 is 0 Å². The van der Waals surface area contributed by atoms with Gasteiger partial charge in [0.15, 0.2) is 5.58 Å². The van der Waals surface area contributed by atoms with E-state index < -0.39 is 0 Å². The van der Waals surface area contributed by atoms with Gasteiger partial charge in [-0.2, -0.15) is 0 Å². The van der Waals surface area contributed by atoms with Crippen molar-refractivity contribution in [2.75, 3.05) is 0 Å². The molecular weight excluding hydrogens is 587 g/mol. The van der Waals surface area contributed by atoms with E-state index in [4.69, 9.17) is 4.42 Å². The predicted octanol–water partition coefficient (Wildman–Crippen LogP) is 6.70. The molecule has 2 aromatic carbocycles. The van der Waals surface area contributed by atoms with Crippen LogP contribution in [0.25, 0.3) is 44.5 Å². The van der Waals surface area contributed by atoms with E-state index >= 15 is 0 Å². The normalized spacial score (nSPS) is 10.3. The van der Waals surface area contributed by atoms with Crippen LogP contribution in [-0.2, 0) is 20.1 Å². The summed E-state index contributed by atoms with van der Waals surface area (Å²) in [5.41, 5.74) is 6.42. The summed E-state index contributed by atoms with van der Waals surface area (Å²) in [7, 11) is 0. The number of hydrogen-bond donors (Lipinski definition) is 0. The number of fused-ring (bicyclic) bond motifs is 3. The maximum Gasteiger partial charge on any atom is 0.151 e. The van der Waals surface area contributed by atoms with Crippen molar-refractivity contribution in [3.8, 4) is 22.5 Å². The van der Waals surface area contributed by atoms with E-state index in [0.29, 0.717) is 0 Å². The number of hydrogen-bond acceptors (Lipinski definition) is 4. The van der Waals surface area contributed by atoms with Gasteiger partial charge in [-0.3, -0.25) is 0 Å². The van der Waals surface area contributed by atoms with Crippen LogP contribution >= 0.6 is 0 Å². The van der Waals surface area contributed by atoms with Gasteiger partial charge in [-0.25, -0.2) is 0 Å². The van der Waals surface area contributed by atoms with E-state index in [1.54, 1.807) is 18.6 Å². The molecule has 6 rings (SSSR count). The molecule has 0 fully saturated rings. The number of furan rings is 1. The number of aromatic nitrogens is 3. The monoisotopic (exact) mass is 606 g/mol. The van der Waals surface area contributed by atoms with Gasteiger partial charge in [0.2, 0.25) is 0 Å². The zero-order valence-corrected chi connectivity index (χ0v) is 20.2. The predicted molar refractivity (Wildman–Crippen MR) is 127 cm³/mol. The summed E-state index contributed by atoms with van der Waals surface area (Å²) in [6.07, 6.45) is 5.30. The van der Waals surface area contributed by atoms with E-state index in [-0.39, 0.29) is 20.1 Å². The Bertz CT molecular complexity index is 1440. The molecule has 0 atom stereocenters. The fourth-order valence-electron chi connectivity index (χ4n) is 3.54. The smallest absolute Gasteiger partial charge is 0.151 e. The first-order valence-electron chi connectivity index (χ1n) is 10.3. The van der Waals surface area contributed by atoms with Crippen molar-refractivity contribution in [2.24, 2.45) is 0 Å². The summed E-state index contributed by atoms with van der Waals surface area (Å²) >= 11 is 0. The Balaban J connectivity index is 0.000000172. The van der Waals surface area contributed by atoms with Crippen molar-refractivity contribution in [2.45, 2.75) is 6.92 Å². The zero-order chi connectivity index (χ0) is 21.8. The average molecular weight is 606 g/mol. The van der Waals surface area contributed by atoms with Crippen LogP contribution in [0.3, 0.4) is 0 Å². The summed E-state index contributed by atoms with van der Waals surface area (Å²) in [5, 5.41) is 2.18. The molecule has 1 radical (unpaired) electrons. The average Bonchev–Trinajstić information content (AvgIpc) is 3.24. The molecule has 0 spiro atoms. The van der Waals surface area contributed by atoms with Crippen molar-refractivity contribution in [3.05, 3.63) is 115 Å².